The Morgan fingerprint density at radius 3 is 2.75 bits per heavy atom. The first kappa shape index (κ1) is 11.1. The number of benzene rings is 1. The number of hydrogen-bond donors (Lipinski definition) is 1. The van der Waals surface area contributed by atoms with Crippen molar-refractivity contribution in [2.75, 3.05) is 0 Å². The molecular formula is C13H15FO2. The number of carboxylic acids is 1. The third-order valence-electron chi connectivity index (χ3n) is 3.14. The summed E-state index contributed by atoms with van der Waals surface area (Å²) in [5, 5.41) is 8.84. The molecule has 1 unspecified atom stereocenters. The Morgan fingerprint density at radius 1 is 1.56 bits per heavy atom. The van der Waals surface area contributed by atoms with Crippen LogP contribution in [0.5, 0.6) is 0 Å². The maximum absolute atomic E-state index is 13.7. The molecule has 16 heavy (non-hydrogen) atoms. The zero-order valence-electron chi connectivity index (χ0n) is 9.24. The van der Waals surface area contributed by atoms with Crippen molar-refractivity contribution in [3.05, 3.63) is 35.1 Å². The van der Waals surface area contributed by atoms with Crippen molar-refractivity contribution in [3.8, 4) is 0 Å². The normalized spacial score (nSPS) is 17.1. The first-order valence-corrected chi connectivity index (χ1v) is 5.56. The van der Waals surface area contributed by atoms with E-state index in [1.807, 2.05) is 13.0 Å². The largest absolute Gasteiger partial charge is 0.481 e. The molecule has 1 aromatic rings. The molecule has 1 aliphatic carbocycles. The fourth-order valence-corrected chi connectivity index (χ4v) is 2.15. The third kappa shape index (κ3) is 2.40. The van der Waals surface area contributed by atoms with Crippen LogP contribution in [0.15, 0.2) is 18.2 Å². The molecule has 0 aliphatic heterocycles. The summed E-state index contributed by atoms with van der Waals surface area (Å²) in [6, 6.07) is 5.05. The maximum atomic E-state index is 13.7. The minimum Gasteiger partial charge on any atom is -0.481 e. The lowest BCUT2D eigenvalue weighted by atomic mass is 9.90. The van der Waals surface area contributed by atoms with E-state index in [2.05, 4.69) is 0 Å². The predicted molar refractivity (Wildman–Crippen MR) is 58.9 cm³/mol. The molecule has 0 aromatic heterocycles. The highest BCUT2D eigenvalue weighted by molar-refractivity contribution is 5.68. The van der Waals surface area contributed by atoms with Crippen LogP contribution in [-0.2, 0) is 4.79 Å². The van der Waals surface area contributed by atoms with Crippen LogP contribution in [0.25, 0.3) is 0 Å². The van der Waals surface area contributed by atoms with Crippen molar-refractivity contribution in [1.29, 1.82) is 0 Å². The van der Waals surface area contributed by atoms with Gasteiger partial charge in [0.25, 0.3) is 0 Å². The number of aryl methyl sites for hydroxylation is 1. The fourth-order valence-electron chi connectivity index (χ4n) is 2.15. The summed E-state index contributed by atoms with van der Waals surface area (Å²) in [6.45, 7) is 1.83. The standard InChI is InChI=1S/C13H15FO2/c1-8-2-5-10(12(14)6-8)11(7-13(15)16)9-3-4-9/h2,5-6,9,11H,3-4,7H2,1H3,(H,15,16). The van der Waals surface area contributed by atoms with Crippen molar-refractivity contribution >= 4 is 5.97 Å². The molecule has 0 bridgehead atoms. The molecule has 0 spiro atoms. The van der Waals surface area contributed by atoms with E-state index in [1.54, 1.807) is 6.07 Å². The van der Waals surface area contributed by atoms with Gasteiger partial charge in [0.05, 0.1) is 6.42 Å². The molecule has 1 fully saturated rings. The molecule has 1 atom stereocenters. The van der Waals surface area contributed by atoms with E-state index in [1.165, 1.54) is 6.07 Å². The molecule has 0 radical (unpaired) electrons. The molecule has 0 saturated heterocycles. The summed E-state index contributed by atoms with van der Waals surface area (Å²) in [4.78, 5) is 10.8. The van der Waals surface area contributed by atoms with Crippen LogP contribution in [0.3, 0.4) is 0 Å². The number of halogens is 1. The zero-order valence-corrected chi connectivity index (χ0v) is 9.24. The Kier molecular flexibility index (Phi) is 2.95. The first-order valence-electron chi connectivity index (χ1n) is 5.56. The molecule has 3 heteroatoms. The molecule has 1 N–H and O–H groups in total. The average molecular weight is 222 g/mol. The van der Waals surface area contributed by atoms with Crippen molar-refractivity contribution in [2.24, 2.45) is 5.92 Å². The first-order chi connectivity index (χ1) is 7.58. The molecular weight excluding hydrogens is 207 g/mol. The van der Waals surface area contributed by atoms with Gasteiger partial charge in [0.1, 0.15) is 5.82 Å². The highest BCUT2D eigenvalue weighted by atomic mass is 19.1. The van der Waals surface area contributed by atoms with Gasteiger partial charge in [-0.05, 0) is 42.9 Å². The minimum absolute atomic E-state index is 0.0324. The molecule has 1 aliphatic rings. The summed E-state index contributed by atoms with van der Waals surface area (Å²) >= 11 is 0. The average Bonchev–Trinajstić information content (AvgIpc) is 2.97. The van der Waals surface area contributed by atoms with Crippen molar-refractivity contribution < 1.29 is 14.3 Å². The van der Waals surface area contributed by atoms with Gasteiger partial charge in [-0.15, -0.1) is 0 Å². The second kappa shape index (κ2) is 4.24. The van der Waals surface area contributed by atoms with Crippen molar-refractivity contribution in [2.45, 2.75) is 32.1 Å². The summed E-state index contributed by atoms with van der Waals surface area (Å²) < 4.78 is 13.7. The number of hydrogen-bond acceptors (Lipinski definition) is 1. The quantitative estimate of drug-likeness (QED) is 0.849. The topological polar surface area (TPSA) is 37.3 Å². The Balaban J connectivity index is 2.27. The Hall–Kier alpha value is -1.38. The molecule has 2 rings (SSSR count). The highest BCUT2D eigenvalue weighted by Gasteiger charge is 2.35. The lowest BCUT2D eigenvalue weighted by Gasteiger charge is -2.15. The molecule has 0 amide bonds. The van der Waals surface area contributed by atoms with Gasteiger partial charge in [-0.25, -0.2) is 4.39 Å². The van der Waals surface area contributed by atoms with Crippen molar-refractivity contribution in [1.82, 2.24) is 0 Å². The maximum Gasteiger partial charge on any atom is 0.303 e. The molecule has 86 valence electrons. The van der Waals surface area contributed by atoms with Crippen LogP contribution in [-0.4, -0.2) is 11.1 Å². The van der Waals surface area contributed by atoms with E-state index < -0.39 is 5.97 Å². The number of rotatable bonds is 4. The van der Waals surface area contributed by atoms with Crippen LogP contribution < -0.4 is 0 Å². The fraction of sp³-hybridized carbons (Fsp3) is 0.462. The van der Waals surface area contributed by atoms with Gasteiger partial charge in [0.15, 0.2) is 0 Å². The monoisotopic (exact) mass is 222 g/mol. The van der Waals surface area contributed by atoms with Gasteiger partial charge in [-0.3, -0.25) is 4.79 Å². The van der Waals surface area contributed by atoms with Crippen LogP contribution in [0, 0.1) is 18.7 Å². The SMILES string of the molecule is Cc1ccc(C(CC(=O)O)C2CC2)c(F)c1. The Labute approximate surface area is 94.1 Å². The van der Waals surface area contributed by atoms with Crippen LogP contribution in [0.1, 0.15) is 36.3 Å². The van der Waals surface area contributed by atoms with Crippen LogP contribution >= 0.6 is 0 Å². The number of carboxylic acid groups (broad SMARTS) is 1. The highest BCUT2D eigenvalue weighted by Crippen LogP contribution is 2.45. The Bertz CT molecular complexity index is 410. The summed E-state index contributed by atoms with van der Waals surface area (Å²) in [5.74, 6) is -0.915. The minimum atomic E-state index is -0.850. The van der Waals surface area contributed by atoms with Gasteiger partial charge in [-0.1, -0.05) is 12.1 Å². The number of carbonyl (C=O) groups is 1. The van der Waals surface area contributed by atoms with Gasteiger partial charge in [-0.2, -0.15) is 0 Å². The van der Waals surface area contributed by atoms with Gasteiger partial charge < -0.3 is 5.11 Å². The predicted octanol–water partition coefficient (Wildman–Crippen LogP) is 3.10. The van der Waals surface area contributed by atoms with Gasteiger partial charge >= 0.3 is 5.97 Å². The Morgan fingerprint density at radius 2 is 2.25 bits per heavy atom. The molecule has 0 heterocycles. The second-order valence-electron chi connectivity index (χ2n) is 4.57. The van der Waals surface area contributed by atoms with E-state index >= 15 is 0 Å². The summed E-state index contributed by atoms with van der Waals surface area (Å²) in [6.07, 6.45) is 2.07. The van der Waals surface area contributed by atoms with E-state index in [4.69, 9.17) is 5.11 Å². The summed E-state index contributed by atoms with van der Waals surface area (Å²) in [5.41, 5.74) is 1.43. The molecule has 1 saturated carbocycles. The second-order valence-corrected chi connectivity index (χ2v) is 4.57. The van der Waals surface area contributed by atoms with E-state index in [0.29, 0.717) is 11.5 Å². The van der Waals surface area contributed by atoms with E-state index in [9.17, 15) is 9.18 Å². The van der Waals surface area contributed by atoms with E-state index in [-0.39, 0.29) is 18.2 Å². The lowest BCUT2D eigenvalue weighted by Crippen LogP contribution is -2.10. The third-order valence-corrected chi connectivity index (χ3v) is 3.14. The smallest absolute Gasteiger partial charge is 0.303 e. The van der Waals surface area contributed by atoms with Gasteiger partial charge in [0, 0.05) is 5.92 Å². The zero-order chi connectivity index (χ0) is 11.7. The lowest BCUT2D eigenvalue weighted by molar-refractivity contribution is -0.137. The summed E-state index contributed by atoms with van der Waals surface area (Å²) in [7, 11) is 0. The molecule has 1 aromatic carbocycles. The number of aliphatic carboxylic acids is 1. The molecule has 2 nitrogen and oxygen atoms in total. The van der Waals surface area contributed by atoms with Crippen LogP contribution in [0.4, 0.5) is 4.39 Å². The van der Waals surface area contributed by atoms with E-state index in [0.717, 1.165) is 18.4 Å². The van der Waals surface area contributed by atoms with Crippen molar-refractivity contribution in [3.63, 3.8) is 0 Å². The van der Waals surface area contributed by atoms with Gasteiger partial charge in [0.2, 0.25) is 0 Å². The van der Waals surface area contributed by atoms with Crippen LogP contribution in [0.2, 0.25) is 0 Å².